The number of hydrogen-bond donors (Lipinski definition) is 1. The molecule has 0 spiro atoms. The summed E-state index contributed by atoms with van der Waals surface area (Å²) >= 11 is 1.61. The Bertz CT molecular complexity index is 1030. The van der Waals surface area contributed by atoms with Gasteiger partial charge in [-0.1, -0.05) is 18.2 Å². The fourth-order valence-corrected chi connectivity index (χ4v) is 4.78. The molecule has 1 fully saturated rings. The number of rotatable bonds is 7. The van der Waals surface area contributed by atoms with Crippen LogP contribution in [0.3, 0.4) is 0 Å². The minimum absolute atomic E-state index is 0.0137. The summed E-state index contributed by atoms with van der Waals surface area (Å²) in [6.45, 7) is 4.82. The molecule has 0 bridgehead atoms. The Hall–Kier alpha value is -2.80. The lowest BCUT2D eigenvalue weighted by molar-refractivity contribution is -0.132. The lowest BCUT2D eigenvalue weighted by Crippen LogP contribution is -2.30. The van der Waals surface area contributed by atoms with Crippen molar-refractivity contribution in [3.63, 3.8) is 0 Å². The SMILES string of the molecule is Cc1nc(Nc2cccc(C3CCCN3C(=O)CCCc3ccc(F)cc3)n2)sc1C. The lowest BCUT2D eigenvalue weighted by atomic mass is 10.1. The van der Waals surface area contributed by atoms with Crippen molar-refractivity contribution in [2.45, 2.75) is 52.0 Å². The summed E-state index contributed by atoms with van der Waals surface area (Å²) in [5.41, 5.74) is 3.00. The minimum atomic E-state index is -0.232. The van der Waals surface area contributed by atoms with E-state index >= 15 is 0 Å². The molecule has 7 heteroatoms. The van der Waals surface area contributed by atoms with E-state index in [2.05, 4.69) is 17.2 Å². The fourth-order valence-electron chi connectivity index (χ4n) is 3.95. The van der Waals surface area contributed by atoms with Crippen LogP contribution in [0.4, 0.5) is 15.3 Å². The van der Waals surface area contributed by atoms with E-state index in [4.69, 9.17) is 4.98 Å². The Morgan fingerprint density at radius 2 is 2.00 bits per heavy atom. The molecule has 5 nitrogen and oxygen atoms in total. The number of carbonyl (C=O) groups is 1. The zero-order valence-electron chi connectivity index (χ0n) is 17.9. The van der Waals surface area contributed by atoms with E-state index in [1.54, 1.807) is 23.5 Å². The van der Waals surface area contributed by atoms with Gasteiger partial charge in [0, 0.05) is 17.8 Å². The molecule has 2 aromatic heterocycles. The maximum atomic E-state index is 13.0. The van der Waals surface area contributed by atoms with Crippen LogP contribution in [0, 0.1) is 19.7 Å². The monoisotopic (exact) mass is 438 g/mol. The van der Waals surface area contributed by atoms with Crippen LogP contribution >= 0.6 is 11.3 Å². The lowest BCUT2D eigenvalue weighted by Gasteiger charge is -2.24. The van der Waals surface area contributed by atoms with Crippen molar-refractivity contribution in [2.24, 2.45) is 0 Å². The van der Waals surface area contributed by atoms with Gasteiger partial charge in [0.05, 0.1) is 17.4 Å². The smallest absolute Gasteiger partial charge is 0.223 e. The van der Waals surface area contributed by atoms with Crippen molar-refractivity contribution in [1.29, 1.82) is 0 Å². The van der Waals surface area contributed by atoms with Gasteiger partial charge in [-0.2, -0.15) is 0 Å². The number of nitrogens with zero attached hydrogens (tertiary/aromatic N) is 3. The number of anilines is 2. The maximum Gasteiger partial charge on any atom is 0.223 e. The second-order valence-electron chi connectivity index (χ2n) is 7.96. The van der Waals surface area contributed by atoms with Crippen LogP contribution < -0.4 is 5.32 Å². The summed E-state index contributed by atoms with van der Waals surface area (Å²) in [4.78, 5) is 25.4. The number of benzene rings is 1. The number of amides is 1. The number of carbonyl (C=O) groups excluding carboxylic acids is 1. The number of aromatic nitrogens is 2. The number of aryl methyl sites for hydroxylation is 3. The van der Waals surface area contributed by atoms with E-state index in [-0.39, 0.29) is 17.8 Å². The first-order valence-electron chi connectivity index (χ1n) is 10.7. The molecule has 1 amide bonds. The molecular formula is C24H27FN4OS. The average molecular weight is 439 g/mol. The highest BCUT2D eigenvalue weighted by Crippen LogP contribution is 2.33. The Morgan fingerprint density at radius 3 is 2.74 bits per heavy atom. The van der Waals surface area contributed by atoms with E-state index < -0.39 is 0 Å². The number of nitrogens with one attached hydrogen (secondary N) is 1. The third-order valence-corrected chi connectivity index (χ3v) is 6.71. The molecule has 0 radical (unpaired) electrons. The van der Waals surface area contributed by atoms with Crippen LogP contribution in [0.25, 0.3) is 0 Å². The second-order valence-corrected chi connectivity index (χ2v) is 9.16. The molecule has 1 unspecified atom stereocenters. The van der Waals surface area contributed by atoms with E-state index in [1.807, 2.05) is 30.0 Å². The highest BCUT2D eigenvalue weighted by Gasteiger charge is 2.30. The van der Waals surface area contributed by atoms with Gasteiger partial charge in [-0.3, -0.25) is 4.79 Å². The van der Waals surface area contributed by atoms with Crippen LogP contribution in [-0.2, 0) is 11.2 Å². The van der Waals surface area contributed by atoms with Crippen molar-refractivity contribution in [3.05, 3.63) is 70.1 Å². The molecule has 31 heavy (non-hydrogen) atoms. The van der Waals surface area contributed by atoms with Crippen molar-refractivity contribution in [2.75, 3.05) is 11.9 Å². The van der Waals surface area contributed by atoms with Gasteiger partial charge >= 0.3 is 0 Å². The first kappa shape index (κ1) is 21.4. The first-order valence-corrected chi connectivity index (χ1v) is 11.5. The molecule has 3 heterocycles. The fraction of sp³-hybridized carbons (Fsp3) is 0.375. The summed E-state index contributed by atoms with van der Waals surface area (Å²) in [5, 5.41) is 4.13. The van der Waals surface area contributed by atoms with E-state index in [0.717, 1.165) is 60.1 Å². The molecule has 1 aliphatic heterocycles. The van der Waals surface area contributed by atoms with E-state index in [0.29, 0.717) is 6.42 Å². The number of halogens is 1. The minimum Gasteiger partial charge on any atom is -0.334 e. The van der Waals surface area contributed by atoms with Gasteiger partial charge in [0.25, 0.3) is 0 Å². The quantitative estimate of drug-likeness (QED) is 0.512. The number of likely N-dealkylation sites (tertiary alicyclic amines) is 1. The standard InChI is InChI=1S/C24H27FN4OS/c1-16-17(2)31-24(26-16)28-22-9-4-7-20(27-22)21-8-5-15-29(21)23(30)10-3-6-18-11-13-19(25)14-12-18/h4,7,9,11-14,21H,3,5-6,8,10,15H2,1-2H3,(H,26,27,28). The zero-order valence-corrected chi connectivity index (χ0v) is 18.7. The molecule has 4 rings (SSSR count). The molecule has 1 aromatic carbocycles. The normalized spacial score (nSPS) is 16.0. The summed E-state index contributed by atoms with van der Waals surface area (Å²) in [7, 11) is 0. The van der Waals surface area contributed by atoms with Crippen LogP contribution in [0.1, 0.15) is 53.6 Å². The topological polar surface area (TPSA) is 58.1 Å². The van der Waals surface area contributed by atoms with Gasteiger partial charge < -0.3 is 10.2 Å². The van der Waals surface area contributed by atoms with Gasteiger partial charge in [-0.15, -0.1) is 11.3 Å². The number of pyridine rings is 1. The Balaban J connectivity index is 1.38. The highest BCUT2D eigenvalue weighted by molar-refractivity contribution is 7.15. The second kappa shape index (κ2) is 9.56. The molecule has 1 atom stereocenters. The molecule has 1 saturated heterocycles. The van der Waals surface area contributed by atoms with E-state index in [1.165, 1.54) is 17.0 Å². The largest absolute Gasteiger partial charge is 0.334 e. The summed E-state index contributed by atoms with van der Waals surface area (Å²) in [6.07, 6.45) is 3.93. The summed E-state index contributed by atoms with van der Waals surface area (Å²) in [6, 6.07) is 12.4. The number of hydrogen-bond acceptors (Lipinski definition) is 5. The first-order chi connectivity index (χ1) is 15.0. The van der Waals surface area contributed by atoms with Crippen LogP contribution in [-0.4, -0.2) is 27.3 Å². The van der Waals surface area contributed by atoms with Crippen molar-refractivity contribution in [3.8, 4) is 0 Å². The van der Waals surface area contributed by atoms with Crippen molar-refractivity contribution < 1.29 is 9.18 Å². The van der Waals surface area contributed by atoms with Gasteiger partial charge in [-0.05, 0) is 69.4 Å². The van der Waals surface area contributed by atoms with Gasteiger partial charge in [-0.25, -0.2) is 14.4 Å². The van der Waals surface area contributed by atoms with Gasteiger partial charge in [0.15, 0.2) is 5.13 Å². The van der Waals surface area contributed by atoms with Crippen LogP contribution in [0.2, 0.25) is 0 Å². The summed E-state index contributed by atoms with van der Waals surface area (Å²) in [5.74, 6) is 0.682. The average Bonchev–Trinajstić information content (AvgIpc) is 3.36. The van der Waals surface area contributed by atoms with Crippen LogP contribution in [0.5, 0.6) is 0 Å². The predicted octanol–water partition coefficient (Wildman–Crippen LogP) is 5.72. The third kappa shape index (κ3) is 5.28. The zero-order chi connectivity index (χ0) is 21.8. The number of thiazole rings is 1. The van der Waals surface area contributed by atoms with E-state index in [9.17, 15) is 9.18 Å². The Kier molecular flexibility index (Phi) is 6.61. The van der Waals surface area contributed by atoms with Gasteiger partial charge in [0.2, 0.25) is 5.91 Å². The van der Waals surface area contributed by atoms with Crippen molar-refractivity contribution >= 4 is 28.2 Å². The Morgan fingerprint density at radius 1 is 1.19 bits per heavy atom. The molecule has 162 valence electrons. The van der Waals surface area contributed by atoms with Crippen LogP contribution in [0.15, 0.2) is 42.5 Å². The summed E-state index contributed by atoms with van der Waals surface area (Å²) < 4.78 is 13.0. The Labute approximate surface area is 186 Å². The molecule has 1 aliphatic rings. The molecule has 0 saturated carbocycles. The highest BCUT2D eigenvalue weighted by atomic mass is 32.1. The molecular weight excluding hydrogens is 411 g/mol. The van der Waals surface area contributed by atoms with Crippen molar-refractivity contribution in [1.82, 2.24) is 14.9 Å². The van der Waals surface area contributed by atoms with Gasteiger partial charge in [0.1, 0.15) is 11.6 Å². The maximum absolute atomic E-state index is 13.0. The molecule has 3 aromatic rings. The third-order valence-electron chi connectivity index (χ3n) is 5.72. The molecule has 0 aliphatic carbocycles. The predicted molar refractivity (Wildman–Crippen MR) is 122 cm³/mol. The molecule has 1 N–H and O–H groups in total.